The monoisotopic (exact) mass is 296 g/mol. The van der Waals surface area contributed by atoms with E-state index < -0.39 is 5.97 Å². The van der Waals surface area contributed by atoms with E-state index in [2.05, 4.69) is 44.4 Å². The predicted octanol–water partition coefficient (Wildman–Crippen LogP) is 2.82. The molecule has 2 aliphatic rings. The fourth-order valence-corrected chi connectivity index (χ4v) is 4.18. The van der Waals surface area contributed by atoms with Crippen LogP contribution in [0, 0.1) is 5.92 Å². The number of nitrogens with zero attached hydrogens (tertiary/aromatic N) is 2. The maximum Gasteiger partial charge on any atom is 0.320 e. The quantitative estimate of drug-likeness (QED) is 0.866. The number of carbonyl (C=O) groups is 1. The third-order valence-electron chi connectivity index (χ3n) is 5.34. The summed E-state index contributed by atoms with van der Waals surface area (Å²) >= 11 is 0. The zero-order chi connectivity index (χ0) is 15.8. The summed E-state index contributed by atoms with van der Waals surface area (Å²) in [5.74, 6) is 0.0394. The third-order valence-corrected chi connectivity index (χ3v) is 5.34. The van der Waals surface area contributed by atoms with E-state index in [4.69, 9.17) is 0 Å². The molecule has 0 spiro atoms. The number of hydrogen-bond donors (Lipinski definition) is 1. The Morgan fingerprint density at radius 2 is 1.81 bits per heavy atom. The lowest BCUT2D eigenvalue weighted by Gasteiger charge is -2.40. The van der Waals surface area contributed by atoms with Gasteiger partial charge in [0.2, 0.25) is 0 Å². The van der Waals surface area contributed by atoms with Crippen molar-refractivity contribution >= 4 is 5.97 Å². The van der Waals surface area contributed by atoms with E-state index in [1.807, 2.05) is 0 Å². The first-order valence-electron chi connectivity index (χ1n) is 8.36. The first kappa shape index (κ1) is 16.8. The predicted molar refractivity (Wildman–Crippen MR) is 85.5 cm³/mol. The fourth-order valence-electron chi connectivity index (χ4n) is 4.18. The highest BCUT2D eigenvalue weighted by molar-refractivity contribution is 5.74. The average Bonchev–Trinajstić information content (AvgIpc) is 2.93. The van der Waals surface area contributed by atoms with Crippen molar-refractivity contribution in [3.05, 3.63) is 0 Å². The number of carboxylic acids is 1. The Labute approximate surface area is 129 Å². The van der Waals surface area contributed by atoms with E-state index in [-0.39, 0.29) is 17.1 Å². The summed E-state index contributed by atoms with van der Waals surface area (Å²) in [4.78, 5) is 16.2. The molecule has 0 aliphatic carbocycles. The molecule has 2 atom stereocenters. The van der Waals surface area contributed by atoms with Crippen LogP contribution in [0.2, 0.25) is 0 Å². The number of likely N-dealkylation sites (tertiary alicyclic amines) is 2. The molecule has 4 heteroatoms. The fraction of sp³-hybridized carbons (Fsp3) is 0.941. The van der Waals surface area contributed by atoms with E-state index >= 15 is 0 Å². The van der Waals surface area contributed by atoms with Gasteiger partial charge in [-0.1, -0.05) is 0 Å². The van der Waals surface area contributed by atoms with Crippen LogP contribution in [-0.4, -0.2) is 57.6 Å². The molecule has 21 heavy (non-hydrogen) atoms. The zero-order valence-electron chi connectivity index (χ0n) is 14.4. The second kappa shape index (κ2) is 5.88. The first-order chi connectivity index (χ1) is 9.61. The molecule has 2 aliphatic heterocycles. The molecule has 0 aromatic carbocycles. The SMILES string of the molecule is CC(C)(C)N1CCC(CC(C)(C)N2CCCC2C(=O)O)C1. The summed E-state index contributed by atoms with van der Waals surface area (Å²) in [7, 11) is 0. The van der Waals surface area contributed by atoms with Gasteiger partial charge in [-0.05, 0) is 79.3 Å². The lowest BCUT2D eigenvalue weighted by molar-refractivity contribution is -0.144. The number of aliphatic carboxylic acids is 1. The van der Waals surface area contributed by atoms with Gasteiger partial charge in [0.05, 0.1) is 0 Å². The van der Waals surface area contributed by atoms with Crippen molar-refractivity contribution in [3.63, 3.8) is 0 Å². The summed E-state index contributed by atoms with van der Waals surface area (Å²) in [5.41, 5.74) is 0.230. The largest absolute Gasteiger partial charge is 0.480 e. The Hall–Kier alpha value is -0.610. The molecule has 0 amide bonds. The highest BCUT2D eigenvalue weighted by atomic mass is 16.4. The maximum absolute atomic E-state index is 11.4. The Morgan fingerprint density at radius 1 is 1.14 bits per heavy atom. The normalized spacial score (nSPS) is 29.2. The van der Waals surface area contributed by atoms with E-state index in [0.29, 0.717) is 5.92 Å². The molecule has 0 radical (unpaired) electrons. The topological polar surface area (TPSA) is 43.8 Å². The molecule has 0 aromatic rings. The summed E-state index contributed by atoms with van der Waals surface area (Å²) in [6.45, 7) is 14.6. The van der Waals surface area contributed by atoms with Gasteiger partial charge in [-0.15, -0.1) is 0 Å². The second-order valence-electron chi connectivity index (χ2n) is 8.48. The molecule has 1 N–H and O–H groups in total. The van der Waals surface area contributed by atoms with E-state index in [9.17, 15) is 9.90 Å². The Balaban J connectivity index is 1.97. The molecular weight excluding hydrogens is 264 g/mol. The summed E-state index contributed by atoms with van der Waals surface area (Å²) in [6, 6.07) is -0.278. The number of hydrogen-bond acceptors (Lipinski definition) is 3. The van der Waals surface area contributed by atoms with Crippen LogP contribution in [0.1, 0.15) is 60.3 Å². The highest BCUT2D eigenvalue weighted by Gasteiger charge is 2.42. The van der Waals surface area contributed by atoms with Crippen molar-refractivity contribution < 1.29 is 9.90 Å². The first-order valence-corrected chi connectivity index (χ1v) is 8.36. The van der Waals surface area contributed by atoms with Crippen LogP contribution < -0.4 is 0 Å². The van der Waals surface area contributed by atoms with Gasteiger partial charge in [-0.25, -0.2) is 0 Å². The van der Waals surface area contributed by atoms with E-state index in [0.717, 1.165) is 32.4 Å². The van der Waals surface area contributed by atoms with Gasteiger partial charge in [-0.2, -0.15) is 0 Å². The van der Waals surface area contributed by atoms with Gasteiger partial charge in [-0.3, -0.25) is 14.6 Å². The molecule has 2 unspecified atom stereocenters. The number of rotatable bonds is 4. The minimum Gasteiger partial charge on any atom is -0.480 e. The average molecular weight is 296 g/mol. The molecule has 0 saturated carbocycles. The van der Waals surface area contributed by atoms with Crippen LogP contribution in [0.5, 0.6) is 0 Å². The smallest absolute Gasteiger partial charge is 0.320 e. The minimum absolute atomic E-state index is 0.0158. The zero-order valence-corrected chi connectivity index (χ0v) is 14.4. The van der Waals surface area contributed by atoms with Gasteiger partial charge < -0.3 is 5.11 Å². The molecule has 0 bridgehead atoms. The van der Waals surface area contributed by atoms with Gasteiger partial charge in [0.15, 0.2) is 0 Å². The lowest BCUT2D eigenvalue weighted by Crippen LogP contribution is -2.50. The lowest BCUT2D eigenvalue weighted by atomic mass is 9.87. The Bertz CT molecular complexity index is 387. The van der Waals surface area contributed by atoms with Gasteiger partial charge >= 0.3 is 5.97 Å². The van der Waals surface area contributed by atoms with Crippen molar-refractivity contribution in [1.82, 2.24) is 9.80 Å². The van der Waals surface area contributed by atoms with Gasteiger partial charge in [0, 0.05) is 17.6 Å². The molecule has 0 aromatic heterocycles. The van der Waals surface area contributed by atoms with Gasteiger partial charge in [0.1, 0.15) is 6.04 Å². The van der Waals surface area contributed by atoms with Crippen molar-refractivity contribution in [1.29, 1.82) is 0 Å². The highest BCUT2D eigenvalue weighted by Crippen LogP contribution is 2.35. The molecule has 4 nitrogen and oxygen atoms in total. The van der Waals surface area contributed by atoms with Crippen LogP contribution in [0.3, 0.4) is 0 Å². The third kappa shape index (κ3) is 3.78. The number of carboxylic acid groups (broad SMARTS) is 1. The van der Waals surface area contributed by atoms with Crippen molar-refractivity contribution in [2.24, 2.45) is 5.92 Å². The van der Waals surface area contributed by atoms with Crippen LogP contribution in [-0.2, 0) is 4.79 Å². The Morgan fingerprint density at radius 3 is 2.33 bits per heavy atom. The molecular formula is C17H32N2O2. The van der Waals surface area contributed by atoms with Crippen LogP contribution >= 0.6 is 0 Å². The standard InChI is InChI=1S/C17H32N2O2/c1-16(2,3)18-10-8-13(12-18)11-17(4,5)19-9-6-7-14(19)15(20)21/h13-14H,6-12H2,1-5H3,(H,20,21). The van der Waals surface area contributed by atoms with Crippen molar-refractivity contribution in [3.8, 4) is 0 Å². The van der Waals surface area contributed by atoms with E-state index in [1.54, 1.807) is 0 Å². The van der Waals surface area contributed by atoms with Gasteiger partial charge in [0.25, 0.3) is 0 Å². The Kier molecular flexibility index (Phi) is 4.69. The molecule has 2 saturated heterocycles. The second-order valence-corrected chi connectivity index (χ2v) is 8.48. The summed E-state index contributed by atoms with van der Waals surface area (Å²) in [6.07, 6.45) is 4.16. The molecule has 2 fully saturated rings. The van der Waals surface area contributed by atoms with E-state index in [1.165, 1.54) is 13.0 Å². The summed E-state index contributed by atoms with van der Waals surface area (Å²) < 4.78 is 0. The maximum atomic E-state index is 11.4. The van der Waals surface area contributed by atoms with Crippen LogP contribution in [0.25, 0.3) is 0 Å². The van der Waals surface area contributed by atoms with Crippen molar-refractivity contribution in [2.45, 2.75) is 77.4 Å². The minimum atomic E-state index is -0.650. The molecule has 2 rings (SSSR count). The molecule has 122 valence electrons. The van der Waals surface area contributed by atoms with Crippen LogP contribution in [0.4, 0.5) is 0 Å². The molecule has 2 heterocycles. The van der Waals surface area contributed by atoms with Crippen molar-refractivity contribution in [2.75, 3.05) is 19.6 Å². The summed E-state index contributed by atoms with van der Waals surface area (Å²) in [5, 5.41) is 9.41. The van der Waals surface area contributed by atoms with Crippen LogP contribution in [0.15, 0.2) is 0 Å².